The fourth-order valence-corrected chi connectivity index (χ4v) is 4.06. The quantitative estimate of drug-likeness (QED) is 0.406. The van der Waals surface area contributed by atoms with Gasteiger partial charge in [-0.15, -0.1) is 11.3 Å². The summed E-state index contributed by atoms with van der Waals surface area (Å²) < 4.78 is 13.2. The Hall–Kier alpha value is -2.50. The topological polar surface area (TPSA) is 78.7 Å². The summed E-state index contributed by atoms with van der Waals surface area (Å²) in [5.74, 6) is -0.232. The molecule has 0 aliphatic heterocycles. The Labute approximate surface area is 151 Å². The number of thioether (sulfide) groups is 1. The van der Waals surface area contributed by atoms with Crippen molar-refractivity contribution < 1.29 is 9.18 Å². The molecule has 0 saturated carbocycles. The van der Waals surface area contributed by atoms with Gasteiger partial charge < -0.3 is 5.32 Å². The maximum Gasteiger partial charge on any atom is 0.230 e. The van der Waals surface area contributed by atoms with Crippen molar-refractivity contribution in [3.8, 4) is 17.2 Å². The van der Waals surface area contributed by atoms with E-state index >= 15 is 0 Å². The predicted octanol–water partition coefficient (Wildman–Crippen LogP) is 3.62. The van der Waals surface area contributed by atoms with Crippen molar-refractivity contribution in [2.75, 3.05) is 12.3 Å². The SMILES string of the molecule is N#CCCNC(=O)CSc1ncnc2scc(-c3ccc(F)cc3)c12. The van der Waals surface area contributed by atoms with Crippen molar-refractivity contribution in [1.82, 2.24) is 15.3 Å². The lowest BCUT2D eigenvalue weighted by atomic mass is 10.1. The van der Waals surface area contributed by atoms with Gasteiger partial charge in [-0.25, -0.2) is 14.4 Å². The van der Waals surface area contributed by atoms with Crippen LogP contribution in [0.15, 0.2) is 41.0 Å². The Morgan fingerprint density at radius 3 is 2.88 bits per heavy atom. The number of rotatable bonds is 6. The second-order valence-corrected chi connectivity index (χ2v) is 6.88. The number of carbonyl (C=O) groups is 1. The number of thiophene rings is 1. The lowest BCUT2D eigenvalue weighted by molar-refractivity contribution is -0.118. The number of amides is 1. The Morgan fingerprint density at radius 1 is 1.32 bits per heavy atom. The van der Waals surface area contributed by atoms with Crippen molar-refractivity contribution >= 4 is 39.2 Å². The lowest BCUT2D eigenvalue weighted by Gasteiger charge is -2.06. The van der Waals surface area contributed by atoms with E-state index in [4.69, 9.17) is 5.26 Å². The van der Waals surface area contributed by atoms with Crippen LogP contribution >= 0.6 is 23.1 Å². The van der Waals surface area contributed by atoms with E-state index in [1.54, 1.807) is 12.1 Å². The second-order valence-electron chi connectivity index (χ2n) is 5.06. The Kier molecular flexibility index (Phi) is 5.58. The summed E-state index contributed by atoms with van der Waals surface area (Å²) in [4.78, 5) is 21.2. The maximum absolute atomic E-state index is 13.2. The first kappa shape index (κ1) is 17.3. The molecule has 3 rings (SSSR count). The molecule has 0 aliphatic rings. The summed E-state index contributed by atoms with van der Waals surface area (Å²) in [5, 5.41) is 14.7. The normalized spacial score (nSPS) is 10.6. The minimum absolute atomic E-state index is 0.148. The van der Waals surface area contributed by atoms with Crippen molar-refractivity contribution in [1.29, 1.82) is 5.26 Å². The average molecular weight is 372 g/mol. The molecule has 25 heavy (non-hydrogen) atoms. The first-order valence-corrected chi connectivity index (χ1v) is 9.30. The number of nitriles is 1. The number of benzene rings is 1. The molecular formula is C17H13FN4OS2. The molecule has 8 heteroatoms. The van der Waals surface area contributed by atoms with Gasteiger partial charge in [-0.05, 0) is 17.7 Å². The van der Waals surface area contributed by atoms with E-state index < -0.39 is 0 Å². The van der Waals surface area contributed by atoms with Crippen LogP contribution in [0.4, 0.5) is 4.39 Å². The van der Waals surface area contributed by atoms with Gasteiger partial charge >= 0.3 is 0 Å². The van der Waals surface area contributed by atoms with Crippen LogP contribution in [-0.4, -0.2) is 28.2 Å². The molecule has 0 bridgehead atoms. The highest BCUT2D eigenvalue weighted by molar-refractivity contribution is 8.00. The third-order valence-electron chi connectivity index (χ3n) is 3.39. The van der Waals surface area contributed by atoms with Gasteiger partial charge in [-0.3, -0.25) is 4.79 Å². The zero-order chi connectivity index (χ0) is 17.6. The Bertz CT molecular complexity index is 934. The molecule has 0 saturated heterocycles. The number of carbonyl (C=O) groups excluding carboxylic acids is 1. The lowest BCUT2D eigenvalue weighted by Crippen LogP contribution is -2.25. The highest BCUT2D eigenvalue weighted by atomic mass is 32.2. The number of nitrogens with one attached hydrogen (secondary N) is 1. The minimum atomic E-state index is -0.289. The summed E-state index contributed by atoms with van der Waals surface area (Å²) in [5.41, 5.74) is 1.80. The molecular weight excluding hydrogens is 359 g/mol. The molecule has 1 aromatic carbocycles. The van der Waals surface area contributed by atoms with Crippen LogP contribution < -0.4 is 5.32 Å². The van der Waals surface area contributed by atoms with Crippen LogP contribution in [0.2, 0.25) is 0 Å². The average Bonchev–Trinajstić information content (AvgIpc) is 3.05. The zero-order valence-corrected chi connectivity index (χ0v) is 14.7. The molecule has 2 heterocycles. The predicted molar refractivity (Wildman–Crippen MR) is 96.8 cm³/mol. The van der Waals surface area contributed by atoms with Crippen molar-refractivity contribution in [2.45, 2.75) is 11.4 Å². The van der Waals surface area contributed by atoms with E-state index in [-0.39, 0.29) is 23.9 Å². The molecule has 0 aliphatic carbocycles. The summed E-state index contributed by atoms with van der Waals surface area (Å²) in [6, 6.07) is 8.24. The number of fused-ring (bicyclic) bond motifs is 1. The first-order valence-electron chi connectivity index (χ1n) is 7.43. The van der Waals surface area contributed by atoms with Gasteiger partial charge in [0.15, 0.2) is 0 Å². The largest absolute Gasteiger partial charge is 0.354 e. The van der Waals surface area contributed by atoms with Crippen molar-refractivity contribution in [3.05, 3.63) is 41.8 Å². The molecule has 0 spiro atoms. The number of aromatic nitrogens is 2. The minimum Gasteiger partial charge on any atom is -0.354 e. The summed E-state index contributed by atoms with van der Waals surface area (Å²) in [6.07, 6.45) is 1.76. The second kappa shape index (κ2) is 8.05. The molecule has 126 valence electrons. The molecule has 3 aromatic rings. The smallest absolute Gasteiger partial charge is 0.230 e. The standard InChI is InChI=1S/C17H13FN4OS2/c18-12-4-2-11(3-5-12)13-8-24-16-15(13)17(22-10-21-16)25-9-14(23)20-7-1-6-19/h2-5,8,10H,1,7,9H2,(H,20,23). The van der Waals surface area contributed by atoms with E-state index in [2.05, 4.69) is 15.3 Å². The number of hydrogen-bond acceptors (Lipinski definition) is 6. The Morgan fingerprint density at radius 2 is 2.12 bits per heavy atom. The first-order chi connectivity index (χ1) is 12.2. The van der Waals surface area contributed by atoms with Crippen LogP contribution in [0.3, 0.4) is 0 Å². The maximum atomic E-state index is 13.2. The van der Waals surface area contributed by atoms with Crippen LogP contribution in [-0.2, 0) is 4.79 Å². The fourth-order valence-electron chi connectivity index (χ4n) is 2.24. The highest BCUT2D eigenvalue weighted by Gasteiger charge is 2.14. The van der Waals surface area contributed by atoms with Crippen molar-refractivity contribution in [2.24, 2.45) is 0 Å². The molecule has 0 unspecified atom stereocenters. The van der Waals surface area contributed by atoms with Gasteiger partial charge in [-0.2, -0.15) is 5.26 Å². The molecule has 1 N–H and O–H groups in total. The van der Waals surface area contributed by atoms with Gasteiger partial charge in [0.05, 0.1) is 23.6 Å². The molecule has 0 atom stereocenters. The van der Waals surface area contributed by atoms with Gasteiger partial charge in [0.2, 0.25) is 5.91 Å². The summed E-state index contributed by atoms with van der Waals surface area (Å²) >= 11 is 2.80. The highest BCUT2D eigenvalue weighted by Crippen LogP contribution is 2.37. The monoisotopic (exact) mass is 372 g/mol. The van der Waals surface area contributed by atoms with E-state index in [1.807, 2.05) is 11.4 Å². The number of hydrogen-bond donors (Lipinski definition) is 1. The molecule has 2 aromatic heterocycles. The molecule has 5 nitrogen and oxygen atoms in total. The third-order valence-corrected chi connectivity index (χ3v) is 5.27. The zero-order valence-electron chi connectivity index (χ0n) is 13.0. The van der Waals surface area contributed by atoms with Gasteiger partial charge in [0, 0.05) is 17.5 Å². The molecule has 0 radical (unpaired) electrons. The van der Waals surface area contributed by atoms with Gasteiger partial charge in [0.1, 0.15) is 22.0 Å². The van der Waals surface area contributed by atoms with Crippen LogP contribution in [0.5, 0.6) is 0 Å². The summed E-state index contributed by atoms with van der Waals surface area (Å²) in [7, 11) is 0. The van der Waals surface area contributed by atoms with Crippen LogP contribution in [0.1, 0.15) is 6.42 Å². The van der Waals surface area contributed by atoms with Crippen LogP contribution in [0, 0.1) is 17.1 Å². The molecule has 1 amide bonds. The number of halogens is 1. The van der Waals surface area contributed by atoms with Gasteiger partial charge in [-0.1, -0.05) is 23.9 Å². The van der Waals surface area contributed by atoms with E-state index in [0.29, 0.717) is 11.6 Å². The molecule has 0 fully saturated rings. The van der Waals surface area contributed by atoms with E-state index in [9.17, 15) is 9.18 Å². The van der Waals surface area contributed by atoms with E-state index in [1.165, 1.54) is 41.6 Å². The van der Waals surface area contributed by atoms with Gasteiger partial charge in [0.25, 0.3) is 0 Å². The fraction of sp³-hybridized carbons (Fsp3) is 0.176. The van der Waals surface area contributed by atoms with Crippen molar-refractivity contribution in [3.63, 3.8) is 0 Å². The third kappa shape index (κ3) is 4.13. The summed E-state index contributed by atoms with van der Waals surface area (Å²) in [6.45, 7) is 0.342. The van der Waals surface area contributed by atoms with Crippen LogP contribution in [0.25, 0.3) is 21.3 Å². The number of nitrogens with zero attached hydrogens (tertiary/aromatic N) is 3. The Balaban J connectivity index is 1.84. The van der Waals surface area contributed by atoms with E-state index in [0.717, 1.165) is 21.3 Å².